The fraction of sp³-hybridized carbons (Fsp3) is 0.714. The van der Waals surface area contributed by atoms with Crippen molar-refractivity contribution in [3.8, 4) is 0 Å². The Morgan fingerprint density at radius 1 is 1.42 bits per heavy atom. The number of aliphatic imine (C=N–C) groups is 1. The number of Topliss-reactive ketones (excluding diaryl/α,β-unsaturated/α-hetero) is 1. The molecular formula is C7H6ClNO3. The molecule has 2 heterocycles. The lowest BCUT2D eigenvalue weighted by molar-refractivity contribution is -0.131. The van der Waals surface area contributed by atoms with E-state index in [1.807, 2.05) is 0 Å². The van der Waals surface area contributed by atoms with Crippen LogP contribution in [0, 0.1) is 0 Å². The van der Waals surface area contributed by atoms with Crippen molar-refractivity contribution in [1.82, 2.24) is 0 Å². The van der Waals surface area contributed by atoms with Crippen LogP contribution in [0.2, 0.25) is 0 Å². The molecule has 2 aliphatic heterocycles. The van der Waals surface area contributed by atoms with Crippen LogP contribution in [0.4, 0.5) is 0 Å². The van der Waals surface area contributed by atoms with E-state index in [1.165, 1.54) is 0 Å². The number of nitrogens with zero attached hydrogens (tertiary/aromatic N) is 1. The fourth-order valence-corrected chi connectivity index (χ4v) is 2.06. The minimum atomic E-state index is -1.08. The zero-order valence-electron chi connectivity index (χ0n) is 6.17. The molecule has 0 aromatic rings. The average Bonchev–Trinajstić information content (AvgIpc) is 2.50. The Labute approximate surface area is 73.5 Å². The Hall–Kier alpha value is -0.450. The second kappa shape index (κ2) is 1.73. The number of hydrogen-bond acceptors (Lipinski definition) is 4. The van der Waals surface area contributed by atoms with Gasteiger partial charge in [-0.2, -0.15) is 0 Å². The number of ether oxygens (including phenoxy) is 2. The molecule has 0 bridgehead atoms. The van der Waals surface area contributed by atoms with Gasteiger partial charge in [0.15, 0.2) is 5.78 Å². The van der Waals surface area contributed by atoms with Crippen LogP contribution in [0.1, 0.15) is 6.42 Å². The first-order valence-electron chi connectivity index (χ1n) is 3.78. The van der Waals surface area contributed by atoms with Gasteiger partial charge in [0.25, 0.3) is 0 Å². The Morgan fingerprint density at radius 2 is 2.08 bits per heavy atom. The smallest absolute Gasteiger partial charge is 0.235 e. The van der Waals surface area contributed by atoms with Crippen LogP contribution >= 0.6 is 11.6 Å². The zero-order valence-corrected chi connectivity index (χ0v) is 6.93. The van der Waals surface area contributed by atoms with Gasteiger partial charge in [-0.1, -0.05) is 11.6 Å². The SMILES string of the molecule is O=C1CC2(OCCO2)C2=NC12Cl. The van der Waals surface area contributed by atoms with Crippen molar-refractivity contribution in [2.45, 2.75) is 17.2 Å². The minimum Gasteiger partial charge on any atom is -0.342 e. The number of rotatable bonds is 0. The van der Waals surface area contributed by atoms with Crippen LogP contribution in [0.3, 0.4) is 0 Å². The van der Waals surface area contributed by atoms with Gasteiger partial charge in [-0.05, 0) is 0 Å². The van der Waals surface area contributed by atoms with Crippen LogP contribution < -0.4 is 0 Å². The van der Waals surface area contributed by atoms with E-state index in [0.29, 0.717) is 18.9 Å². The lowest BCUT2D eigenvalue weighted by Gasteiger charge is -2.16. The summed E-state index contributed by atoms with van der Waals surface area (Å²) in [5.41, 5.74) is 0.569. The first-order valence-corrected chi connectivity index (χ1v) is 4.16. The van der Waals surface area contributed by atoms with Crippen molar-refractivity contribution < 1.29 is 14.3 Å². The van der Waals surface area contributed by atoms with Crippen molar-refractivity contribution in [2.24, 2.45) is 4.99 Å². The maximum Gasteiger partial charge on any atom is 0.235 e. The molecule has 0 radical (unpaired) electrons. The van der Waals surface area contributed by atoms with Crippen molar-refractivity contribution in [3.63, 3.8) is 0 Å². The van der Waals surface area contributed by atoms with Crippen molar-refractivity contribution in [2.75, 3.05) is 13.2 Å². The second-order valence-electron chi connectivity index (χ2n) is 3.13. The normalized spacial score (nSPS) is 41.8. The molecule has 0 aromatic carbocycles. The summed E-state index contributed by atoms with van der Waals surface area (Å²) in [5, 5.41) is 0. The largest absolute Gasteiger partial charge is 0.342 e. The summed E-state index contributed by atoms with van der Waals surface area (Å²) in [6, 6.07) is 0. The minimum absolute atomic E-state index is 0.110. The van der Waals surface area contributed by atoms with E-state index in [1.54, 1.807) is 0 Å². The highest BCUT2D eigenvalue weighted by Crippen LogP contribution is 2.51. The van der Waals surface area contributed by atoms with Gasteiger partial charge in [-0.25, -0.2) is 4.99 Å². The lowest BCUT2D eigenvalue weighted by Crippen LogP contribution is -2.32. The van der Waals surface area contributed by atoms with E-state index in [0.717, 1.165) is 0 Å². The first-order chi connectivity index (χ1) is 5.67. The molecule has 2 fully saturated rings. The predicted molar refractivity (Wildman–Crippen MR) is 40.3 cm³/mol. The van der Waals surface area contributed by atoms with Crippen LogP contribution in [0.5, 0.6) is 0 Å². The highest BCUT2D eigenvalue weighted by atomic mass is 35.5. The molecule has 1 unspecified atom stereocenters. The molecule has 3 aliphatic rings. The van der Waals surface area contributed by atoms with Gasteiger partial charge in [0.2, 0.25) is 10.8 Å². The molecule has 12 heavy (non-hydrogen) atoms. The topological polar surface area (TPSA) is 47.9 Å². The van der Waals surface area contributed by atoms with E-state index in [9.17, 15) is 4.79 Å². The number of alkyl halides is 1. The van der Waals surface area contributed by atoms with Crippen LogP contribution in [-0.4, -0.2) is 35.5 Å². The Morgan fingerprint density at radius 3 is 2.50 bits per heavy atom. The molecule has 0 amide bonds. The quantitative estimate of drug-likeness (QED) is 0.399. The van der Waals surface area contributed by atoms with Crippen LogP contribution in [0.25, 0.3) is 0 Å². The summed E-state index contributed by atoms with van der Waals surface area (Å²) >= 11 is 5.85. The molecule has 5 heteroatoms. The van der Waals surface area contributed by atoms with Crippen molar-refractivity contribution >= 4 is 23.1 Å². The third-order valence-electron chi connectivity index (χ3n) is 2.41. The summed E-state index contributed by atoms with van der Waals surface area (Å²) in [6.07, 6.45) is 0.218. The second-order valence-corrected chi connectivity index (χ2v) is 3.68. The monoisotopic (exact) mass is 187 g/mol. The maximum atomic E-state index is 11.3. The Kier molecular flexibility index (Phi) is 1.01. The highest BCUT2D eigenvalue weighted by Gasteiger charge is 2.71. The summed E-state index contributed by atoms with van der Waals surface area (Å²) in [5.74, 6) is -0.986. The number of halogens is 1. The van der Waals surface area contributed by atoms with E-state index in [4.69, 9.17) is 21.1 Å². The van der Waals surface area contributed by atoms with Gasteiger partial charge in [0, 0.05) is 0 Å². The summed E-state index contributed by atoms with van der Waals surface area (Å²) in [6.45, 7) is 1.03. The first kappa shape index (κ1) is 7.00. The van der Waals surface area contributed by atoms with E-state index < -0.39 is 10.8 Å². The van der Waals surface area contributed by atoms with E-state index in [2.05, 4.69) is 4.99 Å². The standard InChI is InChI=1S/C7H6ClNO3/c8-7-4(10)3-6(5(7)9-7)11-1-2-12-6/h1-3H2. The Bertz CT molecular complexity index is 308. The fourth-order valence-electron chi connectivity index (χ4n) is 1.76. The van der Waals surface area contributed by atoms with Gasteiger partial charge in [-0.15, -0.1) is 0 Å². The zero-order chi connectivity index (χ0) is 8.40. The molecule has 1 aliphatic carbocycles. The van der Waals surface area contributed by atoms with Crippen molar-refractivity contribution in [3.05, 3.63) is 0 Å². The molecule has 0 N–H and O–H groups in total. The van der Waals surface area contributed by atoms with Gasteiger partial charge in [-0.3, -0.25) is 4.79 Å². The average molecular weight is 188 g/mol. The Balaban J connectivity index is 2.01. The molecular weight excluding hydrogens is 182 g/mol. The number of hydrogen-bond donors (Lipinski definition) is 0. The summed E-state index contributed by atoms with van der Waals surface area (Å²) in [7, 11) is 0. The third-order valence-corrected chi connectivity index (χ3v) is 2.88. The molecule has 1 spiro atoms. The molecule has 4 nitrogen and oxygen atoms in total. The number of carbonyl (C=O) groups is 1. The summed E-state index contributed by atoms with van der Waals surface area (Å²) in [4.78, 5) is 14.1. The van der Waals surface area contributed by atoms with Crippen molar-refractivity contribution in [1.29, 1.82) is 0 Å². The lowest BCUT2D eigenvalue weighted by atomic mass is 10.2. The van der Waals surface area contributed by atoms with Crippen LogP contribution in [-0.2, 0) is 14.3 Å². The molecule has 1 saturated heterocycles. The third kappa shape index (κ3) is 0.585. The molecule has 1 saturated carbocycles. The van der Waals surface area contributed by atoms with Gasteiger partial charge in [0.05, 0.1) is 19.6 Å². The molecule has 64 valence electrons. The molecule has 1 atom stereocenters. The van der Waals surface area contributed by atoms with Gasteiger partial charge in [0.1, 0.15) is 5.71 Å². The van der Waals surface area contributed by atoms with E-state index >= 15 is 0 Å². The van der Waals surface area contributed by atoms with Gasteiger partial charge < -0.3 is 9.47 Å². The number of fused-ring (bicyclic) bond motifs is 2. The number of carbonyl (C=O) groups excluding carboxylic acids is 1. The highest BCUT2D eigenvalue weighted by molar-refractivity contribution is 6.57. The summed E-state index contributed by atoms with van der Waals surface area (Å²) < 4.78 is 10.7. The number of ketones is 1. The molecule has 3 rings (SSSR count). The van der Waals surface area contributed by atoms with Gasteiger partial charge >= 0.3 is 0 Å². The molecule has 0 aromatic heterocycles. The predicted octanol–water partition coefficient (Wildman–Crippen LogP) is 0.0920. The van der Waals surface area contributed by atoms with Crippen LogP contribution in [0.15, 0.2) is 4.99 Å². The van der Waals surface area contributed by atoms with E-state index in [-0.39, 0.29) is 12.2 Å². The maximum absolute atomic E-state index is 11.3.